The second-order valence-corrected chi connectivity index (χ2v) is 4.15. The molecule has 1 atom stereocenters. The summed E-state index contributed by atoms with van der Waals surface area (Å²) in [6.07, 6.45) is 0. The van der Waals surface area contributed by atoms with Crippen LogP contribution in [0.1, 0.15) is 0 Å². The number of nitrogens with zero attached hydrogens (tertiary/aromatic N) is 2. The fourth-order valence-electron chi connectivity index (χ4n) is 2.05. The molecule has 0 aliphatic carbocycles. The first kappa shape index (κ1) is 11.0. The second-order valence-electron chi connectivity index (χ2n) is 4.15. The molecule has 1 aliphatic heterocycles. The van der Waals surface area contributed by atoms with E-state index in [1.54, 1.807) is 4.90 Å². The maximum absolute atomic E-state index is 11.4. The molecule has 1 aliphatic rings. The topological polar surface area (TPSA) is 81.6 Å². The summed E-state index contributed by atoms with van der Waals surface area (Å²) < 4.78 is 10.9. The molecular formula is C12H13N3O3. The number of carbonyl (C=O) groups is 1. The number of para-hydroxylation sites is 2. The molecule has 6 nitrogen and oxygen atoms in total. The van der Waals surface area contributed by atoms with Crippen LogP contribution in [0.3, 0.4) is 0 Å². The Labute approximate surface area is 103 Å². The summed E-state index contributed by atoms with van der Waals surface area (Å²) in [6, 6.07) is 7.37. The molecule has 0 bridgehead atoms. The highest BCUT2D eigenvalue weighted by Crippen LogP contribution is 2.24. The molecule has 0 spiro atoms. The summed E-state index contributed by atoms with van der Waals surface area (Å²) in [5, 5.41) is 0. The molecule has 1 fully saturated rings. The second kappa shape index (κ2) is 4.30. The lowest BCUT2D eigenvalue weighted by molar-refractivity contribution is -0.121. The zero-order valence-corrected chi connectivity index (χ0v) is 9.70. The van der Waals surface area contributed by atoms with Gasteiger partial charge in [-0.05, 0) is 12.1 Å². The van der Waals surface area contributed by atoms with Gasteiger partial charge in [-0.1, -0.05) is 12.1 Å². The number of rotatable bonds is 2. The van der Waals surface area contributed by atoms with Crippen molar-refractivity contribution in [3.05, 3.63) is 24.3 Å². The number of nitrogens with two attached hydrogens (primary N) is 1. The predicted molar refractivity (Wildman–Crippen MR) is 65.2 cm³/mol. The van der Waals surface area contributed by atoms with Crippen LogP contribution in [0.2, 0.25) is 0 Å². The van der Waals surface area contributed by atoms with Gasteiger partial charge < -0.3 is 19.8 Å². The van der Waals surface area contributed by atoms with Crippen LogP contribution in [0.4, 0.5) is 6.01 Å². The average Bonchev–Trinajstić information content (AvgIpc) is 2.82. The van der Waals surface area contributed by atoms with Crippen LogP contribution in [0.25, 0.3) is 11.1 Å². The number of anilines is 1. The van der Waals surface area contributed by atoms with Crippen molar-refractivity contribution in [3.8, 4) is 0 Å². The highest BCUT2D eigenvalue weighted by Gasteiger charge is 2.30. The minimum atomic E-state index is -0.521. The van der Waals surface area contributed by atoms with Crippen LogP contribution in [-0.4, -0.2) is 36.7 Å². The molecule has 1 aromatic heterocycles. The number of oxazole rings is 1. The normalized spacial score (nSPS) is 20.2. The van der Waals surface area contributed by atoms with E-state index in [-0.39, 0.29) is 6.61 Å². The SMILES string of the molecule is NC(=O)[C@H]1COCCN1c1nc2ccccc2o1. The molecule has 94 valence electrons. The van der Waals surface area contributed by atoms with Crippen LogP contribution >= 0.6 is 0 Å². The zero-order valence-electron chi connectivity index (χ0n) is 9.70. The third-order valence-corrected chi connectivity index (χ3v) is 2.99. The van der Waals surface area contributed by atoms with E-state index in [4.69, 9.17) is 14.9 Å². The van der Waals surface area contributed by atoms with Crippen LogP contribution < -0.4 is 10.6 Å². The Balaban J connectivity index is 1.98. The number of benzene rings is 1. The average molecular weight is 247 g/mol. The minimum Gasteiger partial charge on any atom is -0.423 e. The molecule has 0 unspecified atom stereocenters. The maximum Gasteiger partial charge on any atom is 0.299 e. The molecule has 18 heavy (non-hydrogen) atoms. The first-order chi connectivity index (χ1) is 8.75. The molecule has 0 radical (unpaired) electrons. The molecule has 1 amide bonds. The summed E-state index contributed by atoms with van der Waals surface area (Å²) >= 11 is 0. The molecule has 3 rings (SSSR count). The molecular weight excluding hydrogens is 234 g/mol. The van der Waals surface area contributed by atoms with Gasteiger partial charge in [0.15, 0.2) is 5.58 Å². The number of primary amides is 1. The van der Waals surface area contributed by atoms with Crippen molar-refractivity contribution in [2.24, 2.45) is 5.73 Å². The van der Waals surface area contributed by atoms with Crippen molar-refractivity contribution < 1.29 is 13.9 Å². The van der Waals surface area contributed by atoms with E-state index in [0.29, 0.717) is 24.7 Å². The van der Waals surface area contributed by atoms with Gasteiger partial charge in [-0.2, -0.15) is 4.98 Å². The van der Waals surface area contributed by atoms with Crippen LogP contribution in [-0.2, 0) is 9.53 Å². The third-order valence-electron chi connectivity index (χ3n) is 2.99. The number of hydrogen-bond acceptors (Lipinski definition) is 5. The molecule has 1 aromatic carbocycles. The smallest absolute Gasteiger partial charge is 0.299 e. The summed E-state index contributed by atoms with van der Waals surface area (Å²) in [6.45, 7) is 1.34. The number of amides is 1. The Hall–Kier alpha value is -2.08. The zero-order chi connectivity index (χ0) is 12.5. The molecule has 2 heterocycles. The molecule has 2 aromatic rings. The van der Waals surface area contributed by atoms with Gasteiger partial charge >= 0.3 is 0 Å². The van der Waals surface area contributed by atoms with Gasteiger partial charge in [0.2, 0.25) is 5.91 Å². The van der Waals surface area contributed by atoms with Crippen molar-refractivity contribution in [1.82, 2.24) is 4.98 Å². The van der Waals surface area contributed by atoms with Gasteiger partial charge in [-0.15, -0.1) is 0 Å². The Morgan fingerprint density at radius 2 is 2.28 bits per heavy atom. The highest BCUT2D eigenvalue weighted by molar-refractivity contribution is 5.84. The third kappa shape index (κ3) is 1.80. The summed E-state index contributed by atoms with van der Waals surface area (Å²) in [4.78, 5) is 17.5. The van der Waals surface area contributed by atoms with Crippen molar-refractivity contribution in [2.45, 2.75) is 6.04 Å². The molecule has 0 saturated carbocycles. The van der Waals surface area contributed by atoms with Crippen LogP contribution in [0, 0.1) is 0 Å². The quantitative estimate of drug-likeness (QED) is 0.836. The summed E-state index contributed by atoms with van der Waals surface area (Å²) in [7, 11) is 0. The van der Waals surface area contributed by atoms with Crippen LogP contribution in [0.15, 0.2) is 28.7 Å². The number of aromatic nitrogens is 1. The molecule has 2 N–H and O–H groups in total. The predicted octanol–water partition coefficient (Wildman–Crippen LogP) is 0.518. The fraction of sp³-hybridized carbons (Fsp3) is 0.333. The van der Waals surface area contributed by atoms with Crippen molar-refractivity contribution in [1.29, 1.82) is 0 Å². The Kier molecular flexibility index (Phi) is 2.64. The lowest BCUT2D eigenvalue weighted by Crippen LogP contribution is -2.52. The number of hydrogen-bond donors (Lipinski definition) is 1. The summed E-state index contributed by atoms with van der Waals surface area (Å²) in [5.74, 6) is -0.433. The van der Waals surface area contributed by atoms with E-state index in [1.165, 1.54) is 0 Å². The largest absolute Gasteiger partial charge is 0.423 e. The molecule has 6 heteroatoms. The van der Waals surface area contributed by atoms with Gasteiger partial charge in [-0.3, -0.25) is 4.79 Å². The summed E-state index contributed by atoms with van der Waals surface area (Å²) in [5.41, 5.74) is 6.82. The van der Waals surface area contributed by atoms with E-state index in [0.717, 1.165) is 5.52 Å². The lowest BCUT2D eigenvalue weighted by Gasteiger charge is -2.31. The van der Waals surface area contributed by atoms with Crippen LogP contribution in [0.5, 0.6) is 0 Å². The van der Waals surface area contributed by atoms with Gasteiger partial charge in [0.05, 0.1) is 13.2 Å². The van der Waals surface area contributed by atoms with Crippen molar-refractivity contribution in [3.63, 3.8) is 0 Å². The number of ether oxygens (including phenoxy) is 1. The number of morpholine rings is 1. The molecule has 1 saturated heterocycles. The monoisotopic (exact) mass is 247 g/mol. The van der Waals surface area contributed by atoms with Crippen molar-refractivity contribution >= 4 is 23.0 Å². The van der Waals surface area contributed by atoms with Gasteiger partial charge in [0.1, 0.15) is 11.6 Å². The van der Waals surface area contributed by atoms with Gasteiger partial charge in [0, 0.05) is 6.54 Å². The number of carbonyl (C=O) groups excluding carboxylic acids is 1. The van der Waals surface area contributed by atoms with Gasteiger partial charge in [0.25, 0.3) is 6.01 Å². The standard InChI is InChI=1S/C12H13N3O3/c13-11(16)9-7-17-6-5-15(9)12-14-8-3-1-2-4-10(8)18-12/h1-4,9H,5-7H2,(H2,13,16)/t9-/m1/s1. The van der Waals surface area contributed by atoms with Crippen molar-refractivity contribution in [2.75, 3.05) is 24.7 Å². The van der Waals surface area contributed by atoms with E-state index in [2.05, 4.69) is 4.98 Å². The maximum atomic E-state index is 11.4. The fourth-order valence-corrected chi connectivity index (χ4v) is 2.05. The van der Waals surface area contributed by atoms with Gasteiger partial charge in [-0.25, -0.2) is 0 Å². The Morgan fingerprint density at radius 3 is 3.06 bits per heavy atom. The van der Waals surface area contributed by atoms with E-state index in [9.17, 15) is 4.79 Å². The van der Waals surface area contributed by atoms with E-state index < -0.39 is 11.9 Å². The van der Waals surface area contributed by atoms with E-state index >= 15 is 0 Å². The number of fused-ring (bicyclic) bond motifs is 1. The highest BCUT2D eigenvalue weighted by atomic mass is 16.5. The first-order valence-electron chi connectivity index (χ1n) is 5.75. The Bertz CT molecular complexity index is 548. The first-order valence-corrected chi connectivity index (χ1v) is 5.75. The Morgan fingerprint density at radius 1 is 1.44 bits per heavy atom. The minimum absolute atomic E-state index is 0.272. The van der Waals surface area contributed by atoms with E-state index in [1.807, 2.05) is 24.3 Å². The lowest BCUT2D eigenvalue weighted by atomic mass is 10.2.